The third kappa shape index (κ3) is 4.37. The summed E-state index contributed by atoms with van der Waals surface area (Å²) in [6.45, 7) is 4.81. The number of carbonyl (C=O) groups is 1. The molecule has 0 saturated carbocycles. The highest BCUT2D eigenvalue weighted by molar-refractivity contribution is 6.31. The summed E-state index contributed by atoms with van der Waals surface area (Å²) in [4.78, 5) is 19.3. The fourth-order valence-corrected chi connectivity index (χ4v) is 1.41. The Morgan fingerprint density at radius 1 is 1.50 bits per heavy atom. The lowest BCUT2D eigenvalue weighted by Gasteiger charge is -2.11. The standard InChI is InChI=1S/C11H17ClN4O2/c1-7(2)4-13-8(17)5-14-11-9(18-3)10(12)15-6-16-11/h6-7H,4-5H2,1-3H3,(H,13,17)(H,14,15,16). The number of halogens is 1. The summed E-state index contributed by atoms with van der Waals surface area (Å²) in [6.07, 6.45) is 1.30. The number of hydrogen-bond donors (Lipinski definition) is 2. The van der Waals surface area contributed by atoms with Crippen LogP contribution >= 0.6 is 11.6 Å². The Morgan fingerprint density at radius 2 is 2.22 bits per heavy atom. The van der Waals surface area contributed by atoms with Gasteiger partial charge in [-0.2, -0.15) is 0 Å². The van der Waals surface area contributed by atoms with Gasteiger partial charge in [-0.05, 0) is 5.92 Å². The van der Waals surface area contributed by atoms with Crippen LogP contribution in [0.3, 0.4) is 0 Å². The fourth-order valence-electron chi connectivity index (χ4n) is 1.20. The van der Waals surface area contributed by atoms with E-state index in [1.807, 2.05) is 13.8 Å². The molecule has 0 radical (unpaired) electrons. The van der Waals surface area contributed by atoms with Crippen LogP contribution in [0.1, 0.15) is 13.8 Å². The lowest BCUT2D eigenvalue weighted by Crippen LogP contribution is -2.32. The molecule has 0 aliphatic rings. The van der Waals surface area contributed by atoms with E-state index in [-0.39, 0.29) is 17.6 Å². The average Bonchev–Trinajstić information content (AvgIpc) is 2.33. The number of anilines is 1. The molecule has 18 heavy (non-hydrogen) atoms. The molecule has 0 saturated heterocycles. The number of carbonyl (C=O) groups excluding carboxylic acids is 1. The summed E-state index contributed by atoms with van der Waals surface area (Å²) in [7, 11) is 1.47. The number of aromatic nitrogens is 2. The number of methoxy groups -OCH3 is 1. The first-order valence-corrected chi connectivity index (χ1v) is 5.97. The van der Waals surface area contributed by atoms with Crippen LogP contribution in [0.4, 0.5) is 5.82 Å². The van der Waals surface area contributed by atoms with Crippen molar-refractivity contribution in [3.8, 4) is 5.75 Å². The Balaban J connectivity index is 2.53. The van der Waals surface area contributed by atoms with Gasteiger partial charge in [0.15, 0.2) is 16.7 Å². The minimum atomic E-state index is -0.111. The van der Waals surface area contributed by atoms with Gasteiger partial charge >= 0.3 is 0 Å². The molecule has 100 valence electrons. The fraction of sp³-hybridized carbons (Fsp3) is 0.545. The van der Waals surface area contributed by atoms with Crippen LogP contribution in [0.15, 0.2) is 6.33 Å². The molecule has 1 aromatic rings. The second kappa shape index (κ2) is 7.00. The first-order chi connectivity index (χ1) is 8.54. The topological polar surface area (TPSA) is 76.1 Å². The van der Waals surface area contributed by atoms with Crippen LogP contribution in [-0.4, -0.2) is 36.1 Å². The van der Waals surface area contributed by atoms with Crippen molar-refractivity contribution in [1.29, 1.82) is 0 Å². The van der Waals surface area contributed by atoms with Gasteiger partial charge in [-0.15, -0.1) is 0 Å². The van der Waals surface area contributed by atoms with Gasteiger partial charge in [-0.1, -0.05) is 25.4 Å². The lowest BCUT2D eigenvalue weighted by molar-refractivity contribution is -0.119. The summed E-state index contributed by atoms with van der Waals surface area (Å²) < 4.78 is 5.06. The highest BCUT2D eigenvalue weighted by atomic mass is 35.5. The van der Waals surface area contributed by atoms with E-state index in [4.69, 9.17) is 16.3 Å². The minimum Gasteiger partial charge on any atom is -0.490 e. The van der Waals surface area contributed by atoms with Gasteiger partial charge in [0.05, 0.1) is 13.7 Å². The first kappa shape index (κ1) is 14.5. The van der Waals surface area contributed by atoms with E-state index in [0.29, 0.717) is 24.0 Å². The van der Waals surface area contributed by atoms with Crippen LogP contribution in [0.2, 0.25) is 5.15 Å². The van der Waals surface area contributed by atoms with Crippen molar-refractivity contribution in [2.24, 2.45) is 5.92 Å². The normalized spacial score (nSPS) is 10.3. The number of nitrogens with zero attached hydrogens (tertiary/aromatic N) is 2. The Hall–Kier alpha value is -1.56. The molecule has 7 heteroatoms. The molecule has 1 aromatic heterocycles. The zero-order chi connectivity index (χ0) is 13.5. The zero-order valence-corrected chi connectivity index (χ0v) is 11.4. The molecule has 1 heterocycles. The lowest BCUT2D eigenvalue weighted by atomic mass is 10.2. The van der Waals surface area contributed by atoms with E-state index in [1.165, 1.54) is 13.4 Å². The third-order valence-corrected chi connectivity index (χ3v) is 2.36. The average molecular weight is 273 g/mol. The Labute approximate surface area is 111 Å². The number of ether oxygens (including phenoxy) is 1. The molecule has 1 rings (SSSR count). The summed E-state index contributed by atoms with van der Waals surface area (Å²) in [6, 6.07) is 0. The molecule has 0 unspecified atom stereocenters. The van der Waals surface area contributed by atoms with Crippen molar-refractivity contribution in [3.63, 3.8) is 0 Å². The highest BCUT2D eigenvalue weighted by Gasteiger charge is 2.11. The Kier molecular flexibility index (Phi) is 5.64. The largest absolute Gasteiger partial charge is 0.490 e. The van der Waals surface area contributed by atoms with Crippen molar-refractivity contribution in [1.82, 2.24) is 15.3 Å². The van der Waals surface area contributed by atoms with Crippen LogP contribution in [-0.2, 0) is 4.79 Å². The maximum absolute atomic E-state index is 11.5. The molecule has 6 nitrogen and oxygen atoms in total. The van der Waals surface area contributed by atoms with Gasteiger partial charge in [-0.3, -0.25) is 4.79 Å². The number of rotatable bonds is 6. The van der Waals surface area contributed by atoms with Crippen LogP contribution in [0.5, 0.6) is 5.75 Å². The van der Waals surface area contributed by atoms with E-state index in [2.05, 4.69) is 20.6 Å². The van der Waals surface area contributed by atoms with Gasteiger partial charge in [0.2, 0.25) is 5.91 Å². The molecule has 0 fully saturated rings. The van der Waals surface area contributed by atoms with Crippen LogP contribution < -0.4 is 15.4 Å². The van der Waals surface area contributed by atoms with Gasteiger partial charge in [0.25, 0.3) is 0 Å². The molecule has 2 N–H and O–H groups in total. The molecule has 0 atom stereocenters. The van der Waals surface area contributed by atoms with E-state index in [9.17, 15) is 4.79 Å². The van der Waals surface area contributed by atoms with Gasteiger partial charge in [0, 0.05) is 6.54 Å². The number of nitrogens with one attached hydrogen (secondary N) is 2. The molecular formula is C11H17ClN4O2. The van der Waals surface area contributed by atoms with E-state index < -0.39 is 0 Å². The van der Waals surface area contributed by atoms with Crippen LogP contribution in [0, 0.1) is 5.92 Å². The predicted molar refractivity (Wildman–Crippen MR) is 69.9 cm³/mol. The van der Waals surface area contributed by atoms with Gasteiger partial charge < -0.3 is 15.4 Å². The molecule has 0 aromatic carbocycles. The first-order valence-electron chi connectivity index (χ1n) is 5.59. The molecule has 0 aliphatic carbocycles. The van der Waals surface area contributed by atoms with Crippen LogP contribution in [0.25, 0.3) is 0 Å². The van der Waals surface area contributed by atoms with Crippen molar-refractivity contribution < 1.29 is 9.53 Å². The number of hydrogen-bond acceptors (Lipinski definition) is 5. The molecule has 0 aliphatic heterocycles. The maximum atomic E-state index is 11.5. The second-order valence-corrected chi connectivity index (χ2v) is 4.46. The van der Waals surface area contributed by atoms with Crippen molar-refractivity contribution in [2.75, 3.05) is 25.5 Å². The minimum absolute atomic E-state index is 0.108. The summed E-state index contributed by atoms with van der Waals surface area (Å²) >= 11 is 5.83. The maximum Gasteiger partial charge on any atom is 0.239 e. The monoisotopic (exact) mass is 272 g/mol. The zero-order valence-electron chi connectivity index (χ0n) is 10.7. The summed E-state index contributed by atoms with van der Waals surface area (Å²) in [5.41, 5.74) is 0. The molecule has 0 spiro atoms. The van der Waals surface area contributed by atoms with E-state index in [0.717, 1.165) is 0 Å². The Bertz CT molecular complexity index is 412. The van der Waals surface area contributed by atoms with Gasteiger partial charge in [-0.25, -0.2) is 9.97 Å². The number of amides is 1. The second-order valence-electron chi connectivity index (χ2n) is 4.10. The molecule has 1 amide bonds. The quantitative estimate of drug-likeness (QED) is 0.764. The SMILES string of the molecule is COc1c(Cl)ncnc1NCC(=O)NCC(C)C. The molecular weight excluding hydrogens is 256 g/mol. The summed E-state index contributed by atoms with van der Waals surface area (Å²) in [5.74, 6) is 1.03. The molecule has 0 bridgehead atoms. The smallest absolute Gasteiger partial charge is 0.239 e. The van der Waals surface area contributed by atoms with E-state index in [1.54, 1.807) is 0 Å². The van der Waals surface area contributed by atoms with Crippen molar-refractivity contribution in [3.05, 3.63) is 11.5 Å². The van der Waals surface area contributed by atoms with E-state index >= 15 is 0 Å². The summed E-state index contributed by atoms with van der Waals surface area (Å²) in [5, 5.41) is 5.85. The van der Waals surface area contributed by atoms with Crippen molar-refractivity contribution in [2.45, 2.75) is 13.8 Å². The highest BCUT2D eigenvalue weighted by Crippen LogP contribution is 2.27. The van der Waals surface area contributed by atoms with Crippen molar-refractivity contribution >= 4 is 23.3 Å². The predicted octanol–water partition coefficient (Wildman–Crippen LogP) is 1.32. The third-order valence-electron chi connectivity index (χ3n) is 2.09. The Morgan fingerprint density at radius 3 is 2.83 bits per heavy atom. The van der Waals surface area contributed by atoms with Gasteiger partial charge in [0.1, 0.15) is 6.33 Å².